The number of nitrogens with two attached hydrogens (primary N) is 2. The molecule has 2 fully saturated rings. The zero-order chi connectivity index (χ0) is 25.2. The van der Waals surface area contributed by atoms with E-state index in [9.17, 15) is 14.4 Å². The van der Waals surface area contributed by atoms with Gasteiger partial charge in [-0.1, -0.05) is 30.0 Å². The predicted octanol–water partition coefficient (Wildman–Crippen LogP) is -0.903. The summed E-state index contributed by atoms with van der Waals surface area (Å²) in [5.41, 5.74) is 11.6. The maximum absolute atomic E-state index is 13.8. The number of carbonyl (C=O) groups excluding carboxylic acids is 3. The van der Waals surface area contributed by atoms with Gasteiger partial charge < -0.3 is 31.2 Å². The van der Waals surface area contributed by atoms with Crippen LogP contribution < -0.4 is 16.8 Å². The van der Waals surface area contributed by atoms with Crippen molar-refractivity contribution in [2.24, 2.45) is 17.4 Å². The summed E-state index contributed by atoms with van der Waals surface area (Å²) in [6.07, 6.45) is -0.980. The minimum absolute atomic E-state index is 0.0851. The van der Waals surface area contributed by atoms with Crippen LogP contribution in [0.3, 0.4) is 0 Å². The lowest BCUT2D eigenvalue weighted by Gasteiger charge is -2.39. The maximum atomic E-state index is 13.8. The molecule has 186 valence electrons. The normalized spacial score (nSPS) is 28.4. The lowest BCUT2D eigenvalue weighted by atomic mass is 9.82. The van der Waals surface area contributed by atoms with Crippen molar-refractivity contribution in [3.05, 3.63) is 52.9 Å². The van der Waals surface area contributed by atoms with Crippen molar-refractivity contribution in [1.82, 2.24) is 30.4 Å². The third-order valence-corrected chi connectivity index (χ3v) is 8.06. The fourth-order valence-electron chi connectivity index (χ4n) is 5.52. The minimum atomic E-state index is -1.06. The summed E-state index contributed by atoms with van der Waals surface area (Å²) >= 11 is 1.20. The van der Waals surface area contributed by atoms with E-state index in [0.29, 0.717) is 11.7 Å². The number of ketones is 2. The molecule has 4 atom stereocenters. The second-order valence-corrected chi connectivity index (χ2v) is 9.75. The van der Waals surface area contributed by atoms with Gasteiger partial charge in [0, 0.05) is 36.6 Å². The number of hydrogen-bond donors (Lipinski definition) is 3. The molecule has 0 radical (unpaired) electrons. The van der Waals surface area contributed by atoms with E-state index in [4.69, 9.17) is 20.9 Å². The van der Waals surface area contributed by atoms with E-state index >= 15 is 0 Å². The van der Waals surface area contributed by atoms with Crippen molar-refractivity contribution in [1.29, 1.82) is 0 Å². The molecule has 14 heteroatoms. The zero-order valence-corrected chi connectivity index (χ0v) is 19.9. The molecular formula is C22H22N8O5S. The number of ether oxygens (including phenoxy) is 2. The highest BCUT2D eigenvalue weighted by molar-refractivity contribution is 7.99. The molecule has 2 aromatic rings. The molecule has 5 N–H and O–H groups in total. The number of para-hydroxylation sites is 1. The van der Waals surface area contributed by atoms with Gasteiger partial charge in [-0.2, -0.15) is 4.68 Å². The molecule has 1 amide bonds. The van der Waals surface area contributed by atoms with Crippen molar-refractivity contribution >= 4 is 29.4 Å². The zero-order valence-electron chi connectivity index (χ0n) is 19.1. The number of Topliss-reactive ketones (excluding diaryl/α,β-unsaturated/α-hetero) is 2. The standard InChI is InChI=1S/C22H22N8O5S/c1-34-22-12(8-35-20(24)33)14-16(29(22)7-13-19(22)25-13)17(31)11(15(23)18(14)32)9-36-21-26-27-28-30(21)10-5-3-2-4-6-10/h2-6,12-13,19,25H,7-9,23H2,1H3,(H2,24,33)/t12-,13+,19+,22-/m1/s1. The van der Waals surface area contributed by atoms with E-state index in [1.807, 2.05) is 35.2 Å². The number of nitrogens with zero attached hydrogens (tertiary/aromatic N) is 5. The molecule has 0 saturated carbocycles. The van der Waals surface area contributed by atoms with E-state index in [1.54, 1.807) is 4.68 Å². The van der Waals surface area contributed by atoms with E-state index in [1.165, 1.54) is 18.9 Å². The Bertz CT molecular complexity index is 1360. The minimum Gasteiger partial charge on any atom is -0.449 e. The Morgan fingerprint density at radius 1 is 1.28 bits per heavy atom. The second-order valence-electron chi connectivity index (χ2n) is 8.81. The SMILES string of the molecule is CO[C@@]12[C@H](COC(N)=O)C3=C(C(=O)C(CSc4nnnn4-c4ccccc4)=C(N)C3=O)N1C[C@@H]1N[C@@H]12. The number of aromatic nitrogens is 4. The lowest BCUT2D eigenvalue weighted by molar-refractivity contribution is -0.137. The molecule has 1 aromatic carbocycles. The average Bonchev–Trinajstić information content (AvgIpc) is 3.24. The average molecular weight is 511 g/mol. The quantitative estimate of drug-likeness (QED) is 0.237. The van der Waals surface area contributed by atoms with Crippen molar-refractivity contribution in [3.8, 4) is 5.69 Å². The fourth-order valence-corrected chi connectivity index (χ4v) is 6.44. The molecule has 3 aliphatic heterocycles. The number of hydrogen-bond acceptors (Lipinski definition) is 12. The number of allylic oxidation sites excluding steroid dienone is 2. The summed E-state index contributed by atoms with van der Waals surface area (Å²) in [5.74, 6) is -1.49. The van der Waals surface area contributed by atoms with E-state index < -0.39 is 23.5 Å². The van der Waals surface area contributed by atoms with Crippen LogP contribution in [0.15, 0.2) is 58.0 Å². The number of primary amides is 1. The first-order valence-corrected chi connectivity index (χ1v) is 12.2. The van der Waals surface area contributed by atoms with Gasteiger partial charge in [-0.3, -0.25) is 9.59 Å². The molecule has 1 aromatic heterocycles. The van der Waals surface area contributed by atoms with E-state index in [2.05, 4.69) is 20.8 Å². The van der Waals surface area contributed by atoms with Gasteiger partial charge in [-0.25, -0.2) is 4.79 Å². The largest absolute Gasteiger partial charge is 0.449 e. The first-order chi connectivity index (χ1) is 17.4. The Balaban J connectivity index is 1.32. The van der Waals surface area contributed by atoms with Crippen LogP contribution in [-0.2, 0) is 19.1 Å². The molecule has 13 nitrogen and oxygen atoms in total. The highest BCUT2D eigenvalue weighted by atomic mass is 32.2. The van der Waals surface area contributed by atoms with E-state index in [0.717, 1.165) is 5.69 Å². The van der Waals surface area contributed by atoms with Crippen LogP contribution in [0.5, 0.6) is 0 Å². The Kier molecular flexibility index (Phi) is 5.14. The molecular weight excluding hydrogens is 488 g/mol. The van der Waals surface area contributed by atoms with Crippen molar-refractivity contribution in [2.75, 3.05) is 26.0 Å². The number of nitrogens with one attached hydrogen (secondary N) is 1. The Hall–Kier alpha value is -3.75. The van der Waals surface area contributed by atoms with Gasteiger partial charge in [0.05, 0.1) is 29.0 Å². The van der Waals surface area contributed by atoms with Gasteiger partial charge >= 0.3 is 6.09 Å². The van der Waals surface area contributed by atoms with Crippen LogP contribution in [0.4, 0.5) is 4.79 Å². The summed E-state index contributed by atoms with van der Waals surface area (Å²) in [6, 6.07) is 9.26. The molecule has 4 aliphatic rings. The van der Waals surface area contributed by atoms with Crippen LogP contribution in [0, 0.1) is 5.92 Å². The summed E-state index contributed by atoms with van der Waals surface area (Å²) in [5, 5.41) is 15.6. The van der Waals surface area contributed by atoms with Crippen LogP contribution >= 0.6 is 11.8 Å². The summed E-state index contributed by atoms with van der Waals surface area (Å²) in [7, 11) is 1.51. The number of piperazine rings is 1. The van der Waals surface area contributed by atoms with Gasteiger partial charge in [0.25, 0.3) is 0 Å². The monoisotopic (exact) mass is 510 g/mol. The van der Waals surface area contributed by atoms with Gasteiger partial charge in [0.1, 0.15) is 6.61 Å². The van der Waals surface area contributed by atoms with Gasteiger partial charge in [0.15, 0.2) is 5.72 Å². The molecule has 36 heavy (non-hydrogen) atoms. The summed E-state index contributed by atoms with van der Waals surface area (Å²) < 4.78 is 12.6. The molecule has 0 spiro atoms. The molecule has 2 saturated heterocycles. The second kappa shape index (κ2) is 8.15. The number of amides is 1. The topological polar surface area (TPSA) is 190 Å². The predicted molar refractivity (Wildman–Crippen MR) is 124 cm³/mol. The van der Waals surface area contributed by atoms with Gasteiger partial charge in [-0.15, -0.1) is 5.10 Å². The number of fused-ring (bicyclic) bond motifs is 4. The summed E-state index contributed by atoms with van der Waals surface area (Å²) in [4.78, 5) is 40.6. The number of benzene rings is 1. The Labute approximate surface area is 208 Å². The number of carbonyl (C=O) groups is 3. The van der Waals surface area contributed by atoms with Crippen molar-refractivity contribution in [3.63, 3.8) is 0 Å². The lowest BCUT2D eigenvalue weighted by Crippen LogP contribution is -2.55. The fraction of sp³-hybridized carbons (Fsp3) is 0.364. The third kappa shape index (κ3) is 3.11. The smallest absolute Gasteiger partial charge is 0.404 e. The third-order valence-electron chi connectivity index (χ3n) is 7.12. The number of thioether (sulfide) groups is 1. The Morgan fingerprint density at radius 2 is 2.06 bits per heavy atom. The molecule has 1 aliphatic carbocycles. The van der Waals surface area contributed by atoms with Crippen LogP contribution in [0.25, 0.3) is 5.69 Å². The maximum Gasteiger partial charge on any atom is 0.404 e. The van der Waals surface area contributed by atoms with Crippen molar-refractivity contribution < 1.29 is 23.9 Å². The number of rotatable bonds is 7. The van der Waals surface area contributed by atoms with Crippen LogP contribution in [0.2, 0.25) is 0 Å². The first kappa shape index (κ1) is 22.7. The number of tetrazole rings is 1. The van der Waals surface area contributed by atoms with Gasteiger partial charge in [0.2, 0.25) is 16.7 Å². The van der Waals surface area contributed by atoms with E-state index in [-0.39, 0.29) is 52.8 Å². The summed E-state index contributed by atoms with van der Waals surface area (Å²) in [6.45, 7) is 0.252. The highest BCUT2D eigenvalue weighted by Crippen LogP contribution is 2.55. The highest BCUT2D eigenvalue weighted by Gasteiger charge is 2.72. The molecule has 0 bridgehead atoms. The van der Waals surface area contributed by atoms with Gasteiger partial charge in [-0.05, 0) is 22.6 Å². The van der Waals surface area contributed by atoms with Crippen LogP contribution in [0.1, 0.15) is 0 Å². The molecule has 0 unspecified atom stereocenters. The van der Waals surface area contributed by atoms with Crippen molar-refractivity contribution in [2.45, 2.75) is 23.0 Å². The Morgan fingerprint density at radius 3 is 2.78 bits per heavy atom. The number of methoxy groups -OCH3 is 1. The van der Waals surface area contributed by atoms with Crippen LogP contribution in [-0.4, -0.2) is 86.6 Å². The first-order valence-electron chi connectivity index (χ1n) is 11.2. The molecule has 4 heterocycles. The molecule has 6 rings (SSSR count).